The fraction of sp³-hybridized carbons (Fsp3) is 0.278. The second-order valence-electron chi connectivity index (χ2n) is 5.64. The molecule has 3 rings (SSSR count). The van der Waals surface area contributed by atoms with Gasteiger partial charge in [-0.2, -0.15) is 0 Å². The number of nitrogens with zero attached hydrogens (tertiary/aromatic N) is 4. The number of ether oxygens (including phenoxy) is 2. The number of pyridine rings is 1. The van der Waals surface area contributed by atoms with Gasteiger partial charge in [-0.25, -0.2) is 0 Å². The van der Waals surface area contributed by atoms with Crippen LogP contribution < -0.4 is 9.47 Å². The molecular formula is C18H20N4O3S. The van der Waals surface area contributed by atoms with E-state index in [-0.39, 0.29) is 5.91 Å². The minimum atomic E-state index is 0.0115. The molecular weight excluding hydrogens is 352 g/mol. The Balaban J connectivity index is 1.61. The topological polar surface area (TPSA) is 69.0 Å². The normalized spacial score (nSPS) is 10.7. The summed E-state index contributed by atoms with van der Waals surface area (Å²) < 4.78 is 12.4. The lowest BCUT2D eigenvalue weighted by atomic mass is 10.2. The van der Waals surface area contributed by atoms with Gasteiger partial charge in [-0.3, -0.25) is 9.20 Å². The molecule has 0 atom stereocenters. The van der Waals surface area contributed by atoms with Crippen LogP contribution in [0, 0.1) is 0 Å². The molecule has 0 unspecified atom stereocenters. The molecule has 0 bridgehead atoms. The van der Waals surface area contributed by atoms with Gasteiger partial charge in [0.25, 0.3) is 0 Å². The third kappa shape index (κ3) is 3.91. The van der Waals surface area contributed by atoms with E-state index < -0.39 is 0 Å². The Morgan fingerprint density at radius 2 is 1.96 bits per heavy atom. The summed E-state index contributed by atoms with van der Waals surface area (Å²) in [6.07, 6.45) is 1.88. The Morgan fingerprint density at radius 1 is 1.15 bits per heavy atom. The van der Waals surface area contributed by atoms with E-state index in [0.29, 0.717) is 29.0 Å². The smallest absolute Gasteiger partial charge is 0.233 e. The van der Waals surface area contributed by atoms with Crippen molar-refractivity contribution >= 4 is 23.3 Å². The number of aromatic nitrogens is 3. The first-order valence-corrected chi connectivity index (χ1v) is 8.98. The molecule has 0 saturated carbocycles. The van der Waals surface area contributed by atoms with Crippen molar-refractivity contribution in [2.45, 2.75) is 11.7 Å². The maximum Gasteiger partial charge on any atom is 0.233 e. The number of carbonyl (C=O) groups is 1. The van der Waals surface area contributed by atoms with Crippen molar-refractivity contribution in [3.63, 3.8) is 0 Å². The first-order chi connectivity index (χ1) is 12.6. The van der Waals surface area contributed by atoms with Crippen molar-refractivity contribution in [1.29, 1.82) is 0 Å². The summed E-state index contributed by atoms with van der Waals surface area (Å²) in [6, 6.07) is 11.3. The standard InChI is InChI=1S/C18H20N4O3S/c1-21(11-13-7-8-14(24-2)15(10-13)25-3)17(23)12-26-18-20-19-16-6-4-5-9-22(16)18/h4-10H,11-12H2,1-3H3. The highest BCUT2D eigenvalue weighted by Crippen LogP contribution is 2.28. The number of fused-ring (bicyclic) bond motifs is 1. The van der Waals surface area contributed by atoms with E-state index in [2.05, 4.69) is 10.2 Å². The van der Waals surface area contributed by atoms with Crippen molar-refractivity contribution in [2.75, 3.05) is 27.0 Å². The van der Waals surface area contributed by atoms with E-state index >= 15 is 0 Å². The molecule has 0 radical (unpaired) electrons. The summed E-state index contributed by atoms with van der Waals surface area (Å²) in [5, 5.41) is 8.92. The van der Waals surface area contributed by atoms with Crippen LogP contribution in [0.5, 0.6) is 11.5 Å². The van der Waals surface area contributed by atoms with Crippen LogP contribution in [-0.2, 0) is 11.3 Å². The first-order valence-electron chi connectivity index (χ1n) is 8.00. The van der Waals surface area contributed by atoms with Crippen molar-refractivity contribution < 1.29 is 14.3 Å². The van der Waals surface area contributed by atoms with E-state index in [0.717, 1.165) is 11.2 Å². The molecule has 0 fully saturated rings. The summed E-state index contributed by atoms with van der Waals surface area (Å²) in [6.45, 7) is 0.486. The molecule has 0 saturated heterocycles. The van der Waals surface area contributed by atoms with Crippen molar-refractivity contribution in [3.8, 4) is 11.5 Å². The number of rotatable bonds is 7. The summed E-state index contributed by atoms with van der Waals surface area (Å²) >= 11 is 1.37. The Kier molecular flexibility index (Phi) is 5.62. The second-order valence-corrected chi connectivity index (χ2v) is 6.58. The van der Waals surface area contributed by atoms with Crippen LogP contribution in [-0.4, -0.2) is 52.4 Å². The fourth-order valence-corrected chi connectivity index (χ4v) is 3.36. The van der Waals surface area contributed by atoms with Gasteiger partial charge < -0.3 is 14.4 Å². The van der Waals surface area contributed by atoms with Crippen LogP contribution >= 0.6 is 11.8 Å². The van der Waals surface area contributed by atoms with Crippen LogP contribution in [0.3, 0.4) is 0 Å². The SMILES string of the molecule is COc1ccc(CN(C)C(=O)CSc2nnc3ccccn23)cc1OC. The molecule has 0 aliphatic carbocycles. The molecule has 0 spiro atoms. The van der Waals surface area contributed by atoms with Crippen molar-refractivity contribution in [1.82, 2.24) is 19.5 Å². The lowest BCUT2D eigenvalue weighted by molar-refractivity contribution is -0.127. The van der Waals surface area contributed by atoms with Gasteiger partial charge in [0, 0.05) is 19.8 Å². The van der Waals surface area contributed by atoms with Gasteiger partial charge in [-0.15, -0.1) is 10.2 Å². The highest BCUT2D eigenvalue weighted by molar-refractivity contribution is 7.99. The predicted octanol–water partition coefficient (Wildman–Crippen LogP) is 2.50. The number of hydrogen-bond donors (Lipinski definition) is 0. The Bertz CT molecular complexity index is 912. The van der Waals surface area contributed by atoms with E-state index in [1.807, 2.05) is 47.0 Å². The molecule has 8 heteroatoms. The third-order valence-electron chi connectivity index (χ3n) is 3.90. The molecule has 2 heterocycles. The Hall–Kier alpha value is -2.74. The summed E-state index contributed by atoms with van der Waals surface area (Å²) in [5.74, 6) is 1.62. The van der Waals surface area contributed by atoms with Crippen LogP contribution in [0.25, 0.3) is 5.65 Å². The molecule has 26 heavy (non-hydrogen) atoms. The van der Waals surface area contributed by atoms with Crippen molar-refractivity contribution in [3.05, 3.63) is 48.2 Å². The van der Waals surface area contributed by atoms with Gasteiger partial charge in [0.2, 0.25) is 5.91 Å². The number of thioether (sulfide) groups is 1. The molecule has 7 nitrogen and oxygen atoms in total. The highest BCUT2D eigenvalue weighted by Gasteiger charge is 2.14. The monoisotopic (exact) mass is 372 g/mol. The molecule has 1 aromatic carbocycles. The van der Waals surface area contributed by atoms with Gasteiger partial charge in [0.1, 0.15) is 0 Å². The predicted molar refractivity (Wildman–Crippen MR) is 99.7 cm³/mol. The van der Waals surface area contributed by atoms with Crippen LogP contribution in [0.4, 0.5) is 0 Å². The quantitative estimate of drug-likeness (QED) is 0.594. The molecule has 0 N–H and O–H groups in total. The largest absolute Gasteiger partial charge is 0.493 e. The van der Waals surface area contributed by atoms with Gasteiger partial charge in [-0.05, 0) is 29.8 Å². The zero-order valence-electron chi connectivity index (χ0n) is 14.9. The Morgan fingerprint density at radius 3 is 2.73 bits per heavy atom. The van der Waals surface area contributed by atoms with E-state index in [9.17, 15) is 4.79 Å². The van der Waals surface area contributed by atoms with Gasteiger partial charge in [-0.1, -0.05) is 23.9 Å². The number of amides is 1. The molecule has 2 aromatic heterocycles. The summed E-state index contributed by atoms with van der Waals surface area (Å²) in [4.78, 5) is 14.1. The number of carbonyl (C=O) groups excluding carboxylic acids is 1. The van der Waals surface area contributed by atoms with Crippen LogP contribution in [0.1, 0.15) is 5.56 Å². The number of hydrogen-bond acceptors (Lipinski definition) is 6. The van der Waals surface area contributed by atoms with Gasteiger partial charge >= 0.3 is 0 Å². The number of methoxy groups -OCH3 is 2. The fourth-order valence-electron chi connectivity index (χ4n) is 2.50. The van der Waals surface area contributed by atoms with Crippen molar-refractivity contribution in [2.24, 2.45) is 0 Å². The summed E-state index contributed by atoms with van der Waals surface area (Å²) in [5.41, 5.74) is 1.73. The van der Waals surface area contributed by atoms with E-state index in [1.165, 1.54) is 11.8 Å². The molecule has 0 aliphatic heterocycles. The molecule has 3 aromatic rings. The molecule has 0 aliphatic rings. The zero-order chi connectivity index (χ0) is 18.5. The first kappa shape index (κ1) is 18.1. The van der Waals surface area contributed by atoms with Gasteiger partial charge in [0.05, 0.1) is 20.0 Å². The zero-order valence-corrected chi connectivity index (χ0v) is 15.7. The minimum Gasteiger partial charge on any atom is -0.493 e. The van der Waals surface area contributed by atoms with Crippen LogP contribution in [0.15, 0.2) is 47.8 Å². The maximum absolute atomic E-state index is 12.4. The average molecular weight is 372 g/mol. The lowest BCUT2D eigenvalue weighted by Crippen LogP contribution is -2.27. The van der Waals surface area contributed by atoms with E-state index in [4.69, 9.17) is 9.47 Å². The van der Waals surface area contributed by atoms with Gasteiger partial charge in [0.15, 0.2) is 22.3 Å². The number of benzene rings is 1. The lowest BCUT2D eigenvalue weighted by Gasteiger charge is -2.18. The van der Waals surface area contributed by atoms with E-state index in [1.54, 1.807) is 26.2 Å². The third-order valence-corrected chi connectivity index (χ3v) is 4.83. The summed E-state index contributed by atoms with van der Waals surface area (Å²) in [7, 11) is 4.97. The second kappa shape index (κ2) is 8.09. The molecule has 1 amide bonds. The minimum absolute atomic E-state index is 0.0115. The van der Waals surface area contributed by atoms with Crippen LogP contribution in [0.2, 0.25) is 0 Å². The maximum atomic E-state index is 12.4. The molecule has 136 valence electrons. The highest BCUT2D eigenvalue weighted by atomic mass is 32.2. The Labute approximate surface area is 155 Å². The average Bonchev–Trinajstić information content (AvgIpc) is 3.09.